The average molecular weight is 272 g/mol. The molecule has 0 radical (unpaired) electrons. The summed E-state index contributed by atoms with van der Waals surface area (Å²) in [5.74, 6) is 0.273. The van der Waals surface area contributed by atoms with Crippen LogP contribution in [0.3, 0.4) is 0 Å². The normalized spacial score (nSPS) is 15.2. The minimum atomic E-state index is 0.273. The molecule has 1 aliphatic rings. The van der Waals surface area contributed by atoms with Gasteiger partial charge < -0.3 is 4.90 Å². The van der Waals surface area contributed by atoms with Crippen LogP contribution in [0.15, 0.2) is 29.6 Å². The first-order valence-corrected chi connectivity index (χ1v) is 7.39. The molecule has 0 saturated carbocycles. The van der Waals surface area contributed by atoms with Crippen LogP contribution in [-0.2, 0) is 11.3 Å². The van der Waals surface area contributed by atoms with Gasteiger partial charge in [0.1, 0.15) is 0 Å². The van der Waals surface area contributed by atoms with Gasteiger partial charge >= 0.3 is 0 Å². The summed E-state index contributed by atoms with van der Waals surface area (Å²) in [4.78, 5) is 18.1. The van der Waals surface area contributed by atoms with Crippen molar-refractivity contribution < 1.29 is 4.79 Å². The topological polar surface area (TPSA) is 33.2 Å². The van der Waals surface area contributed by atoms with Crippen molar-refractivity contribution in [2.24, 2.45) is 0 Å². The van der Waals surface area contributed by atoms with Gasteiger partial charge in [-0.05, 0) is 25.0 Å². The molecule has 1 fully saturated rings. The van der Waals surface area contributed by atoms with Crippen molar-refractivity contribution in [1.82, 2.24) is 9.88 Å². The van der Waals surface area contributed by atoms with Crippen LogP contribution in [0.2, 0.25) is 0 Å². The Bertz CT molecular complexity index is 606. The lowest BCUT2D eigenvalue weighted by molar-refractivity contribution is -0.128. The van der Waals surface area contributed by atoms with Crippen LogP contribution in [0.1, 0.15) is 23.4 Å². The molecule has 0 bridgehead atoms. The largest absolute Gasteiger partial charge is 0.338 e. The molecule has 1 saturated heterocycles. The lowest BCUT2D eigenvalue weighted by atomic mass is 10.1. The molecule has 0 aliphatic carbocycles. The van der Waals surface area contributed by atoms with E-state index in [9.17, 15) is 4.79 Å². The summed E-state index contributed by atoms with van der Waals surface area (Å²) in [6.45, 7) is 3.62. The third-order valence-electron chi connectivity index (χ3n) is 3.39. The Kier molecular flexibility index (Phi) is 3.34. The van der Waals surface area contributed by atoms with E-state index in [0.29, 0.717) is 6.42 Å². The number of hydrogen-bond acceptors (Lipinski definition) is 3. The Labute approximate surface area is 116 Å². The Morgan fingerprint density at radius 2 is 2.32 bits per heavy atom. The van der Waals surface area contributed by atoms with Gasteiger partial charge in [-0.2, -0.15) is 0 Å². The highest BCUT2D eigenvalue weighted by Gasteiger charge is 2.20. The van der Waals surface area contributed by atoms with E-state index in [-0.39, 0.29) is 5.91 Å². The second-order valence-electron chi connectivity index (χ2n) is 4.87. The van der Waals surface area contributed by atoms with Crippen molar-refractivity contribution in [1.29, 1.82) is 0 Å². The van der Waals surface area contributed by atoms with Crippen molar-refractivity contribution in [2.75, 3.05) is 6.54 Å². The minimum Gasteiger partial charge on any atom is -0.338 e. The molecule has 1 aromatic carbocycles. The number of carbonyl (C=O) groups excluding carboxylic acids is 1. The number of aryl methyl sites for hydroxylation is 1. The van der Waals surface area contributed by atoms with Gasteiger partial charge in [-0.3, -0.25) is 4.79 Å². The first-order chi connectivity index (χ1) is 9.22. The molecule has 1 aliphatic heterocycles. The van der Waals surface area contributed by atoms with Crippen molar-refractivity contribution in [2.45, 2.75) is 26.3 Å². The molecule has 1 amide bonds. The van der Waals surface area contributed by atoms with Gasteiger partial charge in [-0.1, -0.05) is 18.2 Å². The van der Waals surface area contributed by atoms with Gasteiger partial charge in [0, 0.05) is 30.5 Å². The van der Waals surface area contributed by atoms with Gasteiger partial charge in [-0.15, -0.1) is 11.3 Å². The van der Waals surface area contributed by atoms with E-state index < -0.39 is 0 Å². The van der Waals surface area contributed by atoms with E-state index in [2.05, 4.69) is 28.6 Å². The fourth-order valence-corrected chi connectivity index (χ4v) is 3.04. The maximum absolute atomic E-state index is 11.7. The summed E-state index contributed by atoms with van der Waals surface area (Å²) in [5, 5.41) is 3.16. The number of benzene rings is 1. The molecule has 0 unspecified atom stereocenters. The van der Waals surface area contributed by atoms with Gasteiger partial charge in [0.15, 0.2) is 0 Å². The highest BCUT2D eigenvalue weighted by Crippen LogP contribution is 2.23. The SMILES string of the molecule is Cc1nc(-c2cccc(CN3CCCC3=O)c2)cs1. The Morgan fingerprint density at radius 1 is 1.42 bits per heavy atom. The number of hydrogen-bond donors (Lipinski definition) is 0. The Hall–Kier alpha value is -1.68. The molecule has 98 valence electrons. The summed E-state index contributed by atoms with van der Waals surface area (Å²) >= 11 is 1.66. The van der Waals surface area contributed by atoms with Crippen LogP contribution in [0.5, 0.6) is 0 Å². The third kappa shape index (κ3) is 2.68. The standard InChI is InChI=1S/C15H16N2OS/c1-11-16-14(10-19-11)13-5-2-4-12(8-13)9-17-7-3-6-15(17)18/h2,4-5,8,10H,3,6-7,9H2,1H3. The number of rotatable bonds is 3. The molecule has 2 aromatic rings. The quantitative estimate of drug-likeness (QED) is 0.859. The summed E-state index contributed by atoms with van der Waals surface area (Å²) in [7, 11) is 0. The fourth-order valence-electron chi connectivity index (χ4n) is 2.42. The lowest BCUT2D eigenvalue weighted by Gasteiger charge is -2.15. The fraction of sp³-hybridized carbons (Fsp3) is 0.333. The number of carbonyl (C=O) groups is 1. The highest BCUT2D eigenvalue weighted by molar-refractivity contribution is 7.09. The first-order valence-electron chi connectivity index (χ1n) is 6.51. The van der Waals surface area contributed by atoms with Gasteiger partial charge in [0.2, 0.25) is 5.91 Å². The third-order valence-corrected chi connectivity index (χ3v) is 4.16. The first kappa shape index (κ1) is 12.4. The molecular weight excluding hydrogens is 256 g/mol. The Morgan fingerprint density at radius 3 is 3.00 bits per heavy atom. The van der Waals surface area contributed by atoms with Crippen molar-refractivity contribution in [3.63, 3.8) is 0 Å². The molecule has 0 N–H and O–H groups in total. The number of thiazole rings is 1. The summed E-state index contributed by atoms with van der Waals surface area (Å²) in [6, 6.07) is 8.33. The molecule has 0 atom stereocenters. The van der Waals surface area contributed by atoms with E-state index in [0.717, 1.165) is 35.8 Å². The van der Waals surface area contributed by atoms with Crippen molar-refractivity contribution in [3.8, 4) is 11.3 Å². The van der Waals surface area contributed by atoms with Gasteiger partial charge in [0.05, 0.1) is 10.7 Å². The zero-order valence-corrected chi connectivity index (χ0v) is 11.7. The van der Waals surface area contributed by atoms with E-state index >= 15 is 0 Å². The lowest BCUT2D eigenvalue weighted by Crippen LogP contribution is -2.23. The molecule has 1 aromatic heterocycles. The predicted molar refractivity (Wildman–Crippen MR) is 76.9 cm³/mol. The summed E-state index contributed by atoms with van der Waals surface area (Å²) in [6.07, 6.45) is 1.69. The molecule has 3 nitrogen and oxygen atoms in total. The van der Waals surface area contributed by atoms with E-state index in [4.69, 9.17) is 0 Å². The van der Waals surface area contributed by atoms with Crippen LogP contribution >= 0.6 is 11.3 Å². The number of amides is 1. The maximum atomic E-state index is 11.7. The van der Waals surface area contributed by atoms with Crippen LogP contribution in [0.25, 0.3) is 11.3 Å². The zero-order chi connectivity index (χ0) is 13.2. The molecule has 19 heavy (non-hydrogen) atoms. The molecular formula is C15H16N2OS. The summed E-state index contributed by atoms with van der Waals surface area (Å²) in [5.41, 5.74) is 3.34. The predicted octanol–water partition coefficient (Wildman–Crippen LogP) is 3.24. The van der Waals surface area contributed by atoms with Gasteiger partial charge in [0.25, 0.3) is 0 Å². The maximum Gasteiger partial charge on any atom is 0.222 e. The molecule has 2 heterocycles. The number of aromatic nitrogens is 1. The minimum absolute atomic E-state index is 0.273. The Balaban J connectivity index is 1.81. The zero-order valence-electron chi connectivity index (χ0n) is 10.9. The monoisotopic (exact) mass is 272 g/mol. The van der Waals surface area contributed by atoms with Crippen molar-refractivity contribution in [3.05, 3.63) is 40.2 Å². The second-order valence-corrected chi connectivity index (χ2v) is 5.93. The number of nitrogens with zero attached hydrogens (tertiary/aromatic N) is 2. The number of likely N-dealkylation sites (tertiary alicyclic amines) is 1. The van der Waals surface area contributed by atoms with Crippen molar-refractivity contribution >= 4 is 17.2 Å². The average Bonchev–Trinajstić information content (AvgIpc) is 3.00. The van der Waals surface area contributed by atoms with Crippen LogP contribution in [-0.4, -0.2) is 22.3 Å². The van der Waals surface area contributed by atoms with Crippen LogP contribution < -0.4 is 0 Å². The molecule has 3 rings (SSSR count). The smallest absolute Gasteiger partial charge is 0.222 e. The van der Waals surface area contributed by atoms with E-state index in [1.54, 1.807) is 11.3 Å². The molecule has 0 spiro atoms. The van der Waals surface area contributed by atoms with Gasteiger partial charge in [-0.25, -0.2) is 4.98 Å². The molecule has 4 heteroatoms. The van der Waals surface area contributed by atoms with Crippen LogP contribution in [0.4, 0.5) is 0 Å². The van der Waals surface area contributed by atoms with E-state index in [1.165, 1.54) is 5.56 Å². The van der Waals surface area contributed by atoms with Crippen LogP contribution in [0, 0.1) is 6.92 Å². The second kappa shape index (κ2) is 5.13. The van der Waals surface area contributed by atoms with E-state index in [1.807, 2.05) is 17.9 Å². The summed E-state index contributed by atoms with van der Waals surface area (Å²) < 4.78 is 0. The highest BCUT2D eigenvalue weighted by atomic mass is 32.1.